The van der Waals surface area contributed by atoms with Crippen LogP contribution >= 0.6 is 0 Å². The molecular weight excluding hydrogens is 1100 g/mol. The molecule has 3 aliphatic heterocycles. The Labute approximate surface area is 503 Å². The van der Waals surface area contributed by atoms with Crippen molar-refractivity contribution in [3.05, 3.63) is 23.8 Å². The second-order valence-corrected chi connectivity index (χ2v) is 28.3. The van der Waals surface area contributed by atoms with Crippen molar-refractivity contribution in [3.63, 3.8) is 0 Å². The third-order valence-corrected chi connectivity index (χ3v) is 21.7. The zero-order valence-electron chi connectivity index (χ0n) is 53.6. The van der Waals surface area contributed by atoms with Gasteiger partial charge in [0.2, 0.25) is 0 Å². The molecule has 0 bridgehead atoms. The zero-order chi connectivity index (χ0) is 63.4. The number of rotatable bonds is 14. The number of ketones is 2. The van der Waals surface area contributed by atoms with Crippen molar-refractivity contribution in [1.29, 1.82) is 0 Å². The minimum atomic E-state index is -2.05. The second kappa shape index (κ2) is 26.3. The molecule has 7 rings (SSSR count). The molecule has 3 saturated heterocycles. The number of hydrogen-bond acceptors (Lipinski definition) is 20. The Balaban J connectivity index is 1.11. The van der Waals surface area contributed by atoms with Crippen LogP contribution in [0.15, 0.2) is 23.8 Å². The number of esters is 3. The standard InChI is InChI=1S/C64H103FN2O18/c1-18-47-63(13,77)54(73)38(7)67(16)31-33(2)28-61(11,76)56(36(5)52(37(6)57(75)82-47)84-50-30-62(12,78-17)55(74)39(8)81-50)85-58-53(44(66(14)15)26-35(4)80-58)83-49(72)22-21-48(71)79-32-45(69)51-34(3)25-43-42-20-19-40-27-41(68)23-24-60(40,10)64(42,65)46(70)29-59(43,51)9/h23-24,27,33-39,42-44,46-47,50-56,58,70,73-74,76-77H,18-22,25-26,28-32H2,1-17H3/t33-,34-,35-,36+,37-,38-,39+,42+,43?,44?,46+,47-,50+,51?,52+,53-,54-,55+,56-,58+,59+,60+,61-,62-,63-,64?/m1/s1. The smallest absolute Gasteiger partial charge is 0.311 e. The maximum Gasteiger partial charge on any atom is 0.311 e. The van der Waals surface area contributed by atoms with E-state index in [9.17, 15) is 49.5 Å². The van der Waals surface area contributed by atoms with Gasteiger partial charge in [-0.25, -0.2) is 4.39 Å². The number of nitrogens with zero attached hydrogens (tertiary/aromatic N) is 2. The second-order valence-electron chi connectivity index (χ2n) is 28.3. The van der Waals surface area contributed by atoms with E-state index in [1.165, 1.54) is 26.2 Å². The van der Waals surface area contributed by atoms with Gasteiger partial charge < -0.3 is 73.2 Å². The summed E-state index contributed by atoms with van der Waals surface area (Å²) in [6.45, 7) is 22.5. The highest BCUT2D eigenvalue weighted by Gasteiger charge is 2.72. The van der Waals surface area contributed by atoms with E-state index in [4.69, 9.17) is 37.9 Å². The van der Waals surface area contributed by atoms with E-state index in [-0.39, 0.29) is 55.0 Å². The van der Waals surface area contributed by atoms with E-state index < -0.39 is 174 Å². The number of ether oxygens (including phenoxy) is 8. The Bertz CT molecular complexity index is 2470. The number of alkyl halides is 1. The maximum atomic E-state index is 17.8. The number of likely N-dealkylation sites (N-methyl/N-ethyl adjacent to an activating group) is 2. The minimum Gasteiger partial charge on any atom is -0.459 e. The van der Waals surface area contributed by atoms with E-state index in [1.54, 1.807) is 68.5 Å². The number of methoxy groups -OCH3 is 1. The van der Waals surface area contributed by atoms with Crippen LogP contribution in [-0.4, -0.2) is 208 Å². The van der Waals surface area contributed by atoms with Crippen LogP contribution in [0.5, 0.6) is 0 Å². The lowest BCUT2D eigenvalue weighted by Gasteiger charge is -2.61. The number of Topliss-reactive ketones (excluding diaryl/α,β-unsaturated/α-hetero) is 1. The summed E-state index contributed by atoms with van der Waals surface area (Å²) in [6, 6.07) is -1.15. The molecule has 4 aliphatic carbocycles. The lowest BCUT2D eigenvalue weighted by molar-refractivity contribution is -0.319. The molecule has 85 heavy (non-hydrogen) atoms. The van der Waals surface area contributed by atoms with E-state index in [0.29, 0.717) is 37.8 Å². The monoisotopic (exact) mass is 1210 g/mol. The molecule has 26 atom stereocenters. The van der Waals surface area contributed by atoms with Gasteiger partial charge in [0.05, 0.1) is 66.5 Å². The maximum absolute atomic E-state index is 17.8. The summed E-state index contributed by atoms with van der Waals surface area (Å²) in [5.41, 5.74) is -8.14. The Morgan fingerprint density at radius 3 is 2.15 bits per heavy atom. The Hall–Kier alpha value is -3.32. The molecule has 5 N–H and O–H groups in total. The number of fused-ring (bicyclic) bond motifs is 5. The molecule has 0 amide bonds. The number of aliphatic hydroxyl groups is 5. The van der Waals surface area contributed by atoms with Crippen molar-refractivity contribution < 1.29 is 91.8 Å². The van der Waals surface area contributed by atoms with Crippen LogP contribution in [0.2, 0.25) is 0 Å². The van der Waals surface area contributed by atoms with Crippen molar-refractivity contribution in [2.24, 2.45) is 52.3 Å². The molecule has 484 valence electrons. The molecular formula is C64H103FN2O18. The molecule has 0 aromatic carbocycles. The topological polar surface area (TPSA) is 267 Å². The number of carbonyl (C=O) groups is 5. The molecule has 4 unspecified atom stereocenters. The van der Waals surface area contributed by atoms with Crippen LogP contribution in [0.25, 0.3) is 0 Å². The quantitative estimate of drug-likeness (QED) is 0.105. The van der Waals surface area contributed by atoms with Crippen LogP contribution in [0.4, 0.5) is 4.39 Å². The first-order valence-corrected chi connectivity index (χ1v) is 31.2. The number of carbonyl (C=O) groups excluding carboxylic acids is 5. The normalized spacial score (nSPS) is 47.5. The molecule has 0 spiro atoms. The fourth-order valence-electron chi connectivity index (χ4n) is 16.8. The lowest BCUT2D eigenvalue weighted by Crippen LogP contribution is -2.66. The number of halogens is 1. The van der Waals surface area contributed by atoms with E-state index in [0.717, 1.165) is 0 Å². The molecule has 6 fully saturated rings. The highest BCUT2D eigenvalue weighted by molar-refractivity contribution is 6.01. The zero-order valence-corrected chi connectivity index (χ0v) is 53.6. The van der Waals surface area contributed by atoms with Gasteiger partial charge in [0.15, 0.2) is 35.9 Å². The van der Waals surface area contributed by atoms with Crippen LogP contribution in [0.1, 0.15) is 154 Å². The number of cyclic esters (lactones) is 1. The van der Waals surface area contributed by atoms with Crippen LogP contribution in [0, 0.1) is 52.3 Å². The molecule has 0 aromatic rings. The summed E-state index contributed by atoms with van der Waals surface area (Å²) in [7, 11) is 6.90. The van der Waals surface area contributed by atoms with Crippen LogP contribution in [-0.2, 0) is 61.9 Å². The summed E-state index contributed by atoms with van der Waals surface area (Å²) in [4.78, 5) is 72.6. The molecule has 0 radical (unpaired) electrons. The van der Waals surface area contributed by atoms with Crippen molar-refractivity contribution in [2.45, 2.75) is 256 Å². The van der Waals surface area contributed by atoms with Gasteiger partial charge in [0.1, 0.15) is 30.5 Å². The van der Waals surface area contributed by atoms with E-state index >= 15 is 4.39 Å². The molecule has 20 nitrogen and oxygen atoms in total. The highest BCUT2D eigenvalue weighted by atomic mass is 19.1. The van der Waals surface area contributed by atoms with Crippen molar-refractivity contribution in [3.8, 4) is 0 Å². The van der Waals surface area contributed by atoms with E-state index in [1.807, 2.05) is 51.6 Å². The Morgan fingerprint density at radius 2 is 1.52 bits per heavy atom. The average Bonchev–Trinajstić information content (AvgIpc) is 1.74. The van der Waals surface area contributed by atoms with Gasteiger partial charge in [-0.05, 0) is 157 Å². The molecule has 3 saturated carbocycles. The summed E-state index contributed by atoms with van der Waals surface area (Å²) in [5.74, 6) is -7.00. The largest absolute Gasteiger partial charge is 0.459 e. The third-order valence-electron chi connectivity index (χ3n) is 21.7. The molecule has 7 aliphatic rings. The predicted octanol–water partition coefficient (Wildman–Crippen LogP) is 5.58. The fourth-order valence-corrected chi connectivity index (χ4v) is 16.8. The summed E-state index contributed by atoms with van der Waals surface area (Å²) < 4.78 is 68.3. The van der Waals surface area contributed by atoms with Crippen LogP contribution < -0.4 is 0 Å². The van der Waals surface area contributed by atoms with Crippen LogP contribution in [0.3, 0.4) is 0 Å². The van der Waals surface area contributed by atoms with Gasteiger partial charge >= 0.3 is 17.9 Å². The number of allylic oxidation sites excluding steroid dienone is 4. The van der Waals surface area contributed by atoms with Gasteiger partial charge in [0, 0.05) is 49.3 Å². The Kier molecular flexibility index (Phi) is 21.4. The first-order chi connectivity index (χ1) is 39.4. The lowest BCUT2D eigenvalue weighted by atomic mass is 9.45. The third kappa shape index (κ3) is 13.5. The SMILES string of the molecule is CC[C@H]1OC(=O)[C@H](C)[C@@H](O[C@H]2C[C@@](C)(OC)[C@@H](O)[C@H](C)O2)[C@H](C)[C@@H](O[C@@H]2O[C@H](C)CC(N(C)C)[C@H]2OC(=O)CCC(=O)OCC(=O)C2[C@H](C)CC3[C@@H]4CCC5=CC(=O)C=C[C@]5(C)C4(F)[C@@H](O)C[C@]23C)[C@](C)(O)C[C@@H](C)CN(C)[C@H](C)[C@@H](O)[C@]1(C)O. The molecule has 0 aromatic heterocycles. The highest BCUT2D eigenvalue weighted by Crippen LogP contribution is 2.70. The van der Waals surface area contributed by atoms with Gasteiger partial charge in [-0.1, -0.05) is 46.3 Å². The molecule has 21 heteroatoms. The van der Waals surface area contributed by atoms with Crippen molar-refractivity contribution in [2.75, 3.05) is 41.4 Å². The summed E-state index contributed by atoms with van der Waals surface area (Å²) in [6.07, 6.45) is -6.54. The average molecular weight is 1210 g/mol. The van der Waals surface area contributed by atoms with Crippen molar-refractivity contribution >= 4 is 29.5 Å². The van der Waals surface area contributed by atoms with Gasteiger partial charge in [-0.2, -0.15) is 0 Å². The first-order valence-electron chi connectivity index (χ1n) is 31.2. The van der Waals surface area contributed by atoms with Gasteiger partial charge in [-0.3, -0.25) is 24.0 Å². The predicted molar refractivity (Wildman–Crippen MR) is 310 cm³/mol. The minimum absolute atomic E-state index is 0.0126. The van der Waals surface area contributed by atoms with Crippen molar-refractivity contribution in [1.82, 2.24) is 9.80 Å². The summed E-state index contributed by atoms with van der Waals surface area (Å²) in [5, 5.41) is 59.7. The first kappa shape index (κ1) is 69.2. The van der Waals surface area contributed by atoms with E-state index in [2.05, 4.69) is 0 Å². The van der Waals surface area contributed by atoms with Gasteiger partial charge in [-0.15, -0.1) is 0 Å². The summed E-state index contributed by atoms with van der Waals surface area (Å²) >= 11 is 0. The molecule has 3 heterocycles. The fraction of sp³-hybridized carbons (Fsp3) is 0.859. The number of aliphatic hydroxyl groups excluding tert-OH is 3. The Morgan fingerprint density at radius 1 is 0.859 bits per heavy atom. The van der Waals surface area contributed by atoms with Gasteiger partial charge in [0.25, 0.3) is 0 Å². The number of hydrogen-bond donors (Lipinski definition) is 5.